The van der Waals surface area contributed by atoms with E-state index in [2.05, 4.69) is 36.1 Å². The Hall–Kier alpha value is -4.99. The highest BCUT2D eigenvalue weighted by Gasteiger charge is 2.38. The molecule has 4 aromatic heterocycles. The topological polar surface area (TPSA) is 181 Å². The van der Waals surface area contributed by atoms with Gasteiger partial charge in [0.1, 0.15) is 11.5 Å². The molecule has 3 atom stereocenters. The van der Waals surface area contributed by atoms with Gasteiger partial charge in [-0.05, 0) is 68.4 Å². The summed E-state index contributed by atoms with van der Waals surface area (Å²) in [7, 11) is 0. The molecule has 2 saturated heterocycles. The van der Waals surface area contributed by atoms with Gasteiger partial charge in [0, 0.05) is 50.1 Å². The second-order valence-corrected chi connectivity index (χ2v) is 13.9. The fourth-order valence-corrected chi connectivity index (χ4v) is 7.59. The Bertz CT molecular complexity index is 1790. The molecule has 1 aliphatic carbocycles. The fourth-order valence-electron chi connectivity index (χ4n) is 7.59. The van der Waals surface area contributed by atoms with Crippen molar-refractivity contribution in [3.05, 3.63) is 72.3 Å². The third-order valence-corrected chi connectivity index (χ3v) is 10.4. The number of nitrogens with zero attached hydrogens (tertiary/aromatic N) is 6. The number of anilines is 1. The van der Waals surface area contributed by atoms with Crippen LogP contribution < -0.4 is 16.0 Å². The molecule has 7 rings (SSSR count). The molecule has 4 N–H and O–H groups in total. The zero-order chi connectivity index (χ0) is 36.4. The molecule has 1 saturated carbocycles. The Balaban J connectivity index is 0.822. The van der Waals surface area contributed by atoms with Crippen LogP contribution in [0.2, 0.25) is 0 Å². The molecule has 4 aromatic rings. The number of carbonyl (C=O) groups is 3. The molecular weight excluding hydrogens is 676 g/mol. The highest BCUT2D eigenvalue weighted by Crippen LogP contribution is 2.33. The first-order chi connectivity index (χ1) is 26.0. The molecule has 0 spiro atoms. The van der Waals surface area contributed by atoms with E-state index in [0.717, 1.165) is 25.0 Å². The van der Waals surface area contributed by atoms with Crippen molar-refractivity contribution in [3.63, 3.8) is 0 Å². The van der Waals surface area contributed by atoms with Crippen LogP contribution in [0.15, 0.2) is 60.9 Å². The highest BCUT2D eigenvalue weighted by atomic mass is 16.5. The molecule has 15 heteroatoms. The normalized spacial score (nSPS) is 20.2. The van der Waals surface area contributed by atoms with Crippen molar-refractivity contribution in [2.75, 3.05) is 51.4 Å². The number of piperidine rings is 1. The number of nitrogens with one attached hydrogen (secondary N) is 4. The molecule has 0 aromatic carbocycles. The average Bonchev–Trinajstić information content (AvgIpc) is 3.99. The second-order valence-electron chi connectivity index (χ2n) is 13.9. The minimum atomic E-state index is -0.373. The van der Waals surface area contributed by atoms with Crippen molar-refractivity contribution in [1.29, 1.82) is 0 Å². The van der Waals surface area contributed by atoms with E-state index in [0.29, 0.717) is 87.5 Å². The highest BCUT2D eigenvalue weighted by molar-refractivity contribution is 6.02. The van der Waals surface area contributed by atoms with E-state index in [9.17, 15) is 14.4 Å². The smallest absolute Gasteiger partial charge is 0.275 e. The number of aromatic nitrogens is 6. The SMILES string of the molecule is O=C(Nc1cc(C2CCN(C(=O)CCOCCOCCNC(=O)[C@@H]3C[C@@H]4CCCC[C@@H]4N3)CC2)nn1-c1ccccn1)c1cccc(-c2ccn[nH]2)n1. The van der Waals surface area contributed by atoms with Crippen LogP contribution in [0.25, 0.3) is 17.2 Å². The van der Waals surface area contributed by atoms with Crippen LogP contribution in [0.4, 0.5) is 5.82 Å². The van der Waals surface area contributed by atoms with Crippen molar-refractivity contribution in [2.24, 2.45) is 5.92 Å². The van der Waals surface area contributed by atoms with Gasteiger partial charge >= 0.3 is 0 Å². The van der Waals surface area contributed by atoms with Crippen LogP contribution in [-0.2, 0) is 19.1 Å². The van der Waals surface area contributed by atoms with Gasteiger partial charge in [-0.2, -0.15) is 14.9 Å². The maximum Gasteiger partial charge on any atom is 0.275 e. The quantitative estimate of drug-likeness (QED) is 0.133. The second kappa shape index (κ2) is 17.7. The van der Waals surface area contributed by atoms with E-state index in [4.69, 9.17) is 14.6 Å². The molecule has 53 heavy (non-hydrogen) atoms. The van der Waals surface area contributed by atoms with Gasteiger partial charge in [-0.15, -0.1) is 0 Å². The van der Waals surface area contributed by atoms with Crippen molar-refractivity contribution < 1.29 is 23.9 Å². The lowest BCUT2D eigenvalue weighted by Crippen LogP contribution is -2.44. The third-order valence-electron chi connectivity index (χ3n) is 10.4. The summed E-state index contributed by atoms with van der Waals surface area (Å²) in [5, 5.41) is 21.2. The number of hydrogen-bond donors (Lipinski definition) is 4. The minimum absolute atomic E-state index is 0.0595. The van der Waals surface area contributed by atoms with Crippen molar-refractivity contribution in [2.45, 2.75) is 69.4 Å². The minimum Gasteiger partial charge on any atom is -0.379 e. The molecular formula is C38H48N10O5. The summed E-state index contributed by atoms with van der Waals surface area (Å²) >= 11 is 0. The van der Waals surface area contributed by atoms with Gasteiger partial charge in [0.2, 0.25) is 11.8 Å². The number of carbonyl (C=O) groups excluding carboxylic acids is 3. The summed E-state index contributed by atoms with van der Waals surface area (Å²) in [6.07, 6.45) is 11.0. The van der Waals surface area contributed by atoms with Crippen LogP contribution in [0.5, 0.6) is 0 Å². The van der Waals surface area contributed by atoms with E-state index in [1.165, 1.54) is 25.7 Å². The number of rotatable bonds is 15. The molecule has 0 bridgehead atoms. The van der Waals surface area contributed by atoms with E-state index in [1.54, 1.807) is 35.3 Å². The molecule has 3 fully saturated rings. The molecule has 15 nitrogen and oxygen atoms in total. The predicted octanol–water partition coefficient (Wildman–Crippen LogP) is 3.47. The lowest BCUT2D eigenvalue weighted by Gasteiger charge is -2.31. The van der Waals surface area contributed by atoms with Gasteiger partial charge in [-0.25, -0.2) is 9.97 Å². The lowest BCUT2D eigenvalue weighted by molar-refractivity contribution is -0.133. The average molecular weight is 725 g/mol. The number of aromatic amines is 1. The number of H-pyrrole nitrogens is 1. The van der Waals surface area contributed by atoms with Crippen LogP contribution in [0, 0.1) is 5.92 Å². The number of fused-ring (bicyclic) bond motifs is 1. The van der Waals surface area contributed by atoms with Crippen molar-refractivity contribution in [1.82, 2.24) is 45.5 Å². The van der Waals surface area contributed by atoms with Gasteiger partial charge in [-0.3, -0.25) is 19.5 Å². The number of likely N-dealkylation sites (tertiary alicyclic amines) is 1. The van der Waals surface area contributed by atoms with E-state index in [1.807, 2.05) is 35.2 Å². The fraction of sp³-hybridized carbons (Fsp3) is 0.500. The molecule has 0 unspecified atom stereocenters. The van der Waals surface area contributed by atoms with E-state index in [-0.39, 0.29) is 35.4 Å². The summed E-state index contributed by atoms with van der Waals surface area (Å²) in [4.78, 5) is 49.7. The summed E-state index contributed by atoms with van der Waals surface area (Å²) in [5.74, 6) is 1.56. The van der Waals surface area contributed by atoms with Gasteiger partial charge in [-0.1, -0.05) is 25.0 Å². The van der Waals surface area contributed by atoms with Crippen molar-refractivity contribution in [3.8, 4) is 17.2 Å². The monoisotopic (exact) mass is 724 g/mol. The van der Waals surface area contributed by atoms with Gasteiger partial charge in [0.25, 0.3) is 5.91 Å². The van der Waals surface area contributed by atoms with Gasteiger partial charge in [0.05, 0.1) is 56.0 Å². The predicted molar refractivity (Wildman–Crippen MR) is 196 cm³/mol. The van der Waals surface area contributed by atoms with Crippen LogP contribution in [-0.4, -0.2) is 111 Å². The molecule has 0 radical (unpaired) electrons. The number of pyridine rings is 2. The first-order valence-electron chi connectivity index (χ1n) is 18.8. The number of amides is 3. The number of ether oxygens (including phenoxy) is 2. The molecule has 6 heterocycles. The van der Waals surface area contributed by atoms with Crippen LogP contribution >= 0.6 is 0 Å². The van der Waals surface area contributed by atoms with E-state index >= 15 is 0 Å². The zero-order valence-electron chi connectivity index (χ0n) is 29.9. The molecule has 2 aliphatic heterocycles. The summed E-state index contributed by atoms with van der Waals surface area (Å²) < 4.78 is 12.9. The Kier molecular flexibility index (Phi) is 12.1. The first kappa shape index (κ1) is 36.4. The van der Waals surface area contributed by atoms with Gasteiger partial charge in [0.15, 0.2) is 5.82 Å². The molecule has 3 amide bonds. The van der Waals surface area contributed by atoms with Crippen LogP contribution in [0.3, 0.4) is 0 Å². The van der Waals surface area contributed by atoms with Gasteiger partial charge < -0.3 is 30.3 Å². The molecule has 3 aliphatic rings. The third kappa shape index (κ3) is 9.33. The Labute approximate surface area is 308 Å². The maximum atomic E-state index is 13.4. The Morgan fingerprint density at radius 1 is 0.906 bits per heavy atom. The largest absolute Gasteiger partial charge is 0.379 e. The summed E-state index contributed by atoms with van der Waals surface area (Å²) in [6.45, 7) is 3.24. The van der Waals surface area contributed by atoms with Crippen molar-refractivity contribution >= 4 is 23.5 Å². The maximum absolute atomic E-state index is 13.4. The lowest BCUT2D eigenvalue weighted by atomic mass is 9.85. The standard InChI is InChI=1S/C38H48N10O5/c49-36(14-20-52-22-23-53-21-17-40-37(50)33-24-27-6-1-2-7-28(27)42-33)47-18-12-26(13-19-47)32-25-35(48(46-32)34-10-3-4-15-39-34)44-38(51)31-9-5-8-29(43-31)30-11-16-41-45-30/h3-5,8-11,15-16,25-28,33,42H,1-2,6-7,12-14,17-24H2,(H,40,50)(H,41,45)(H,44,51)/t27-,28-,33-/m0/s1. The number of hydrogen-bond acceptors (Lipinski definition) is 10. The summed E-state index contributed by atoms with van der Waals surface area (Å²) in [5.41, 5.74) is 2.41. The van der Waals surface area contributed by atoms with Crippen LogP contribution in [0.1, 0.15) is 73.5 Å². The Morgan fingerprint density at radius 3 is 2.55 bits per heavy atom. The summed E-state index contributed by atoms with van der Waals surface area (Å²) in [6, 6.07) is 14.9. The van der Waals surface area contributed by atoms with E-state index < -0.39 is 0 Å². The first-order valence-corrected chi connectivity index (χ1v) is 18.8. The molecule has 280 valence electrons. The Morgan fingerprint density at radius 2 is 1.75 bits per heavy atom. The zero-order valence-corrected chi connectivity index (χ0v) is 29.9.